The molecule has 2 nitrogen and oxygen atoms in total. The van der Waals surface area contributed by atoms with Gasteiger partial charge in [0.1, 0.15) is 5.82 Å². The Hall–Kier alpha value is -5.02. The molecule has 0 saturated carbocycles. The van der Waals surface area contributed by atoms with Gasteiger partial charge >= 0.3 is 5.97 Å². The average Bonchev–Trinajstić information content (AvgIpc) is 3.02. The fourth-order valence-electron chi connectivity index (χ4n) is 6.36. The summed E-state index contributed by atoms with van der Waals surface area (Å²) in [5, 5.41) is 11.2. The van der Waals surface area contributed by atoms with Crippen molar-refractivity contribution in [1.29, 1.82) is 0 Å². The first kappa shape index (κ1) is 27.2. The molecule has 42 heavy (non-hydrogen) atoms. The quantitative estimate of drug-likeness (QED) is 0.192. The Bertz CT molecular complexity index is 1770. The van der Waals surface area contributed by atoms with Crippen molar-refractivity contribution in [3.63, 3.8) is 0 Å². The van der Waals surface area contributed by atoms with Gasteiger partial charge in [0.25, 0.3) is 0 Å². The number of benzene rings is 6. The van der Waals surface area contributed by atoms with E-state index in [1.165, 1.54) is 6.07 Å². The Kier molecular flexibility index (Phi) is 7.41. The molecule has 0 amide bonds. The Morgan fingerprint density at radius 3 is 1.76 bits per heavy atom. The van der Waals surface area contributed by atoms with Crippen molar-refractivity contribution >= 4 is 16.7 Å². The van der Waals surface area contributed by atoms with Gasteiger partial charge in [0.15, 0.2) is 0 Å². The van der Waals surface area contributed by atoms with Crippen LogP contribution in [0.2, 0.25) is 0 Å². The summed E-state index contributed by atoms with van der Waals surface area (Å²) in [6.45, 7) is 1.95. The number of rotatable bonds is 8. The maximum Gasteiger partial charge on any atom is 0.307 e. The molecule has 6 aromatic rings. The Morgan fingerprint density at radius 1 is 0.667 bits per heavy atom. The van der Waals surface area contributed by atoms with Crippen LogP contribution in [0.15, 0.2) is 140 Å². The highest BCUT2D eigenvalue weighted by molar-refractivity contribution is 5.89. The highest BCUT2D eigenvalue weighted by Gasteiger charge is 2.38. The van der Waals surface area contributed by atoms with E-state index in [2.05, 4.69) is 97.1 Å². The first-order chi connectivity index (χ1) is 20.5. The fraction of sp³-hybridized carbons (Fsp3) is 0.103. The molecule has 0 radical (unpaired) electrons. The molecule has 0 fully saturated rings. The summed E-state index contributed by atoms with van der Waals surface area (Å²) in [4.78, 5) is 11.7. The van der Waals surface area contributed by atoms with Gasteiger partial charge in [-0.25, -0.2) is 4.39 Å². The van der Waals surface area contributed by atoms with Crippen molar-refractivity contribution in [2.45, 2.75) is 25.2 Å². The number of halogens is 1. The molecule has 0 spiro atoms. The van der Waals surface area contributed by atoms with E-state index in [9.17, 15) is 14.3 Å². The lowest BCUT2D eigenvalue weighted by Crippen LogP contribution is -2.31. The van der Waals surface area contributed by atoms with Crippen LogP contribution in [0.1, 0.15) is 44.5 Å². The van der Waals surface area contributed by atoms with Gasteiger partial charge in [-0.1, -0.05) is 127 Å². The van der Waals surface area contributed by atoms with Gasteiger partial charge in [-0.2, -0.15) is 0 Å². The normalized spacial score (nSPS) is 11.5. The number of carbonyl (C=O) groups is 1. The molecule has 0 aliphatic heterocycles. The van der Waals surface area contributed by atoms with Crippen molar-refractivity contribution in [2.24, 2.45) is 0 Å². The van der Waals surface area contributed by atoms with Crippen LogP contribution in [0.3, 0.4) is 0 Å². The third kappa shape index (κ3) is 4.99. The van der Waals surface area contributed by atoms with Crippen LogP contribution in [-0.4, -0.2) is 11.1 Å². The van der Waals surface area contributed by atoms with Crippen molar-refractivity contribution in [3.05, 3.63) is 190 Å². The van der Waals surface area contributed by atoms with Gasteiger partial charge in [-0.3, -0.25) is 4.79 Å². The van der Waals surface area contributed by atoms with E-state index in [-0.39, 0.29) is 12.2 Å². The van der Waals surface area contributed by atoms with Crippen molar-refractivity contribution in [1.82, 2.24) is 0 Å². The second kappa shape index (κ2) is 11.5. The number of aliphatic carboxylic acids is 1. The minimum atomic E-state index is -0.883. The molecule has 206 valence electrons. The smallest absolute Gasteiger partial charge is 0.307 e. The summed E-state index contributed by atoms with van der Waals surface area (Å²) in [7, 11) is 0. The molecular weight excluding hydrogens is 519 g/mol. The monoisotopic (exact) mass is 550 g/mol. The van der Waals surface area contributed by atoms with Gasteiger partial charge in [0.2, 0.25) is 0 Å². The third-order valence-electron chi connectivity index (χ3n) is 8.31. The van der Waals surface area contributed by atoms with E-state index in [1.807, 2.05) is 31.2 Å². The molecule has 1 N–H and O–H groups in total. The SMILES string of the molecule is Cc1c(CC(=O)O)cc2ccc(F)cc2c1Cc1cccc(C(c2ccccc2)(c2ccccc2)c2ccccc2)c1. The van der Waals surface area contributed by atoms with Crippen LogP contribution >= 0.6 is 0 Å². The first-order valence-corrected chi connectivity index (χ1v) is 14.1. The highest BCUT2D eigenvalue weighted by Crippen LogP contribution is 2.45. The molecular formula is C39H31FO2. The minimum Gasteiger partial charge on any atom is -0.481 e. The lowest BCUT2D eigenvalue weighted by Gasteiger charge is -2.37. The zero-order valence-corrected chi connectivity index (χ0v) is 23.4. The number of carboxylic acid groups (broad SMARTS) is 1. The highest BCUT2D eigenvalue weighted by atomic mass is 19.1. The summed E-state index contributed by atoms with van der Waals surface area (Å²) >= 11 is 0. The van der Waals surface area contributed by atoms with Crippen LogP contribution in [0.4, 0.5) is 4.39 Å². The van der Waals surface area contributed by atoms with Crippen LogP contribution in [0.5, 0.6) is 0 Å². The molecule has 3 heteroatoms. The number of hydrogen-bond acceptors (Lipinski definition) is 1. The average molecular weight is 551 g/mol. The number of fused-ring (bicyclic) bond motifs is 1. The molecule has 0 heterocycles. The largest absolute Gasteiger partial charge is 0.481 e. The van der Waals surface area contributed by atoms with E-state index in [0.29, 0.717) is 6.42 Å². The van der Waals surface area contributed by atoms with E-state index in [4.69, 9.17) is 0 Å². The van der Waals surface area contributed by atoms with E-state index < -0.39 is 11.4 Å². The van der Waals surface area contributed by atoms with Crippen LogP contribution < -0.4 is 0 Å². The predicted molar refractivity (Wildman–Crippen MR) is 168 cm³/mol. The topological polar surface area (TPSA) is 37.3 Å². The third-order valence-corrected chi connectivity index (χ3v) is 8.31. The van der Waals surface area contributed by atoms with E-state index >= 15 is 0 Å². The Morgan fingerprint density at radius 2 is 1.21 bits per heavy atom. The summed E-state index contributed by atoms with van der Waals surface area (Å²) in [5.74, 6) is -1.19. The molecule has 0 aliphatic carbocycles. The maximum atomic E-state index is 14.5. The van der Waals surface area contributed by atoms with Crippen molar-refractivity contribution in [3.8, 4) is 0 Å². The molecule has 0 saturated heterocycles. The first-order valence-electron chi connectivity index (χ1n) is 14.1. The molecule has 0 aromatic heterocycles. The summed E-state index contributed by atoms with van der Waals surface area (Å²) in [6.07, 6.45) is 0.465. The number of hydrogen-bond donors (Lipinski definition) is 1. The predicted octanol–water partition coefficient (Wildman–Crippen LogP) is 8.89. The van der Waals surface area contributed by atoms with Gasteiger partial charge in [0.05, 0.1) is 11.8 Å². The lowest BCUT2D eigenvalue weighted by atomic mass is 9.65. The second-order valence-electron chi connectivity index (χ2n) is 10.8. The van der Waals surface area contributed by atoms with Gasteiger partial charge in [-0.05, 0) is 80.8 Å². The van der Waals surface area contributed by atoms with Crippen LogP contribution in [0.25, 0.3) is 10.8 Å². The fourth-order valence-corrected chi connectivity index (χ4v) is 6.36. The summed E-state index contributed by atoms with van der Waals surface area (Å²) in [5.41, 5.74) is 7.68. The Balaban J connectivity index is 1.58. The van der Waals surface area contributed by atoms with E-state index in [0.717, 1.165) is 55.3 Å². The van der Waals surface area contributed by atoms with Gasteiger partial charge in [0, 0.05) is 0 Å². The molecule has 0 aliphatic rings. The Labute approximate surface area is 245 Å². The standard InChI is InChI=1S/C39H31FO2/c1-27-30(25-38(41)42)24-29-20-21-35(40)26-37(29)36(27)23-28-12-11-19-34(22-28)39(31-13-5-2-6-14-31,32-15-7-3-8-16-32)33-17-9-4-10-18-33/h2-22,24,26H,23,25H2,1H3,(H,41,42). The van der Waals surface area contributed by atoms with Gasteiger partial charge < -0.3 is 5.11 Å². The molecule has 6 aromatic carbocycles. The van der Waals surface area contributed by atoms with Gasteiger partial charge in [-0.15, -0.1) is 0 Å². The molecule has 0 bridgehead atoms. The maximum absolute atomic E-state index is 14.5. The summed E-state index contributed by atoms with van der Waals surface area (Å²) < 4.78 is 14.5. The van der Waals surface area contributed by atoms with Crippen LogP contribution in [-0.2, 0) is 23.1 Å². The molecule has 0 atom stereocenters. The number of carboxylic acids is 1. The summed E-state index contributed by atoms with van der Waals surface area (Å²) in [6, 6.07) is 46.9. The van der Waals surface area contributed by atoms with Crippen LogP contribution in [0, 0.1) is 12.7 Å². The lowest BCUT2D eigenvalue weighted by molar-refractivity contribution is -0.136. The van der Waals surface area contributed by atoms with E-state index in [1.54, 1.807) is 12.1 Å². The molecule has 6 rings (SSSR count). The minimum absolute atomic E-state index is 0.0781. The van der Waals surface area contributed by atoms with Crippen molar-refractivity contribution in [2.75, 3.05) is 0 Å². The second-order valence-corrected chi connectivity index (χ2v) is 10.8. The molecule has 0 unspecified atom stereocenters. The van der Waals surface area contributed by atoms with Crippen molar-refractivity contribution < 1.29 is 14.3 Å². The zero-order valence-electron chi connectivity index (χ0n) is 23.4. The zero-order chi connectivity index (χ0) is 29.1.